The van der Waals surface area contributed by atoms with E-state index in [-0.39, 0.29) is 6.04 Å². The van der Waals surface area contributed by atoms with Crippen LogP contribution in [-0.4, -0.2) is 9.78 Å². The van der Waals surface area contributed by atoms with Gasteiger partial charge in [-0.2, -0.15) is 5.10 Å². The first-order valence-corrected chi connectivity index (χ1v) is 6.37. The summed E-state index contributed by atoms with van der Waals surface area (Å²) in [6.07, 6.45) is 1.81. The minimum atomic E-state index is -0.271. The summed E-state index contributed by atoms with van der Waals surface area (Å²) in [6, 6.07) is 5.49. The van der Waals surface area contributed by atoms with E-state index < -0.39 is 0 Å². The van der Waals surface area contributed by atoms with Crippen LogP contribution < -0.4 is 5.73 Å². The number of aromatic nitrogens is 2. The highest BCUT2D eigenvalue weighted by molar-refractivity contribution is 9.10. The minimum absolute atomic E-state index is 0.271. The summed E-state index contributed by atoms with van der Waals surface area (Å²) in [5.74, 6) is 0. The van der Waals surface area contributed by atoms with Crippen LogP contribution in [0.3, 0.4) is 0 Å². The smallest absolute Gasteiger partial charge is 0.0740 e. The Balaban J connectivity index is 2.51. The number of hydrogen-bond donors (Lipinski definition) is 1. The zero-order chi connectivity index (χ0) is 12.6. The molecule has 0 bridgehead atoms. The molecule has 90 valence electrons. The third-order valence-corrected chi connectivity index (χ3v) is 4.10. The van der Waals surface area contributed by atoms with Gasteiger partial charge in [-0.15, -0.1) is 0 Å². The number of aryl methyl sites for hydroxylation is 2. The van der Waals surface area contributed by atoms with Gasteiger partial charge in [0.25, 0.3) is 0 Å². The standard InChI is InChI=1S/C12H13BrClN3/c1-7-6-16-17(2)12(7)11(15)8-4-3-5-9(13)10(8)14/h3-6,11H,15H2,1-2H3. The van der Waals surface area contributed by atoms with Gasteiger partial charge in [-0.25, -0.2) is 0 Å². The van der Waals surface area contributed by atoms with Crippen LogP contribution >= 0.6 is 27.5 Å². The van der Waals surface area contributed by atoms with E-state index in [0.29, 0.717) is 5.02 Å². The highest BCUT2D eigenvalue weighted by Gasteiger charge is 2.19. The molecule has 0 saturated carbocycles. The number of halogens is 2. The lowest BCUT2D eigenvalue weighted by Crippen LogP contribution is -2.17. The molecule has 5 heteroatoms. The highest BCUT2D eigenvalue weighted by Crippen LogP contribution is 2.32. The Morgan fingerprint density at radius 2 is 2.18 bits per heavy atom. The molecule has 1 heterocycles. The largest absolute Gasteiger partial charge is 0.319 e. The van der Waals surface area contributed by atoms with Gasteiger partial charge in [-0.1, -0.05) is 23.7 Å². The maximum Gasteiger partial charge on any atom is 0.0740 e. The Labute approximate surface area is 114 Å². The van der Waals surface area contributed by atoms with Gasteiger partial charge in [0.1, 0.15) is 0 Å². The quantitative estimate of drug-likeness (QED) is 0.925. The lowest BCUT2D eigenvalue weighted by atomic mass is 10.0. The van der Waals surface area contributed by atoms with Crippen LogP contribution in [0.4, 0.5) is 0 Å². The van der Waals surface area contributed by atoms with E-state index in [1.165, 1.54) is 0 Å². The van der Waals surface area contributed by atoms with Gasteiger partial charge in [0, 0.05) is 11.5 Å². The molecular formula is C12H13BrClN3. The van der Waals surface area contributed by atoms with Crippen LogP contribution in [0.1, 0.15) is 22.9 Å². The molecule has 0 amide bonds. The van der Waals surface area contributed by atoms with Crippen LogP contribution in [0.5, 0.6) is 0 Å². The first-order chi connectivity index (χ1) is 8.02. The van der Waals surface area contributed by atoms with E-state index in [0.717, 1.165) is 21.3 Å². The van der Waals surface area contributed by atoms with E-state index in [2.05, 4.69) is 21.0 Å². The molecule has 0 aliphatic carbocycles. The van der Waals surface area contributed by atoms with E-state index in [1.807, 2.05) is 32.2 Å². The molecule has 0 aliphatic heterocycles. The molecule has 17 heavy (non-hydrogen) atoms. The molecule has 2 aromatic rings. The molecule has 1 aromatic carbocycles. The molecule has 2 rings (SSSR count). The van der Waals surface area contributed by atoms with Gasteiger partial charge in [0.15, 0.2) is 0 Å². The lowest BCUT2D eigenvalue weighted by Gasteiger charge is -2.16. The molecule has 0 fully saturated rings. The van der Waals surface area contributed by atoms with Crippen LogP contribution in [-0.2, 0) is 7.05 Å². The molecule has 3 nitrogen and oxygen atoms in total. The molecule has 0 saturated heterocycles. The summed E-state index contributed by atoms with van der Waals surface area (Å²) in [4.78, 5) is 0. The molecule has 1 atom stereocenters. The second-order valence-corrected chi connectivity index (χ2v) is 5.19. The number of rotatable bonds is 2. The molecule has 0 radical (unpaired) electrons. The Bertz CT molecular complexity index is 531. The summed E-state index contributed by atoms with van der Waals surface area (Å²) in [5.41, 5.74) is 9.20. The zero-order valence-corrected chi connectivity index (χ0v) is 12.0. The van der Waals surface area contributed by atoms with Crippen LogP contribution in [0, 0.1) is 6.92 Å². The van der Waals surface area contributed by atoms with E-state index in [4.69, 9.17) is 17.3 Å². The van der Waals surface area contributed by atoms with E-state index >= 15 is 0 Å². The molecule has 2 N–H and O–H groups in total. The van der Waals surface area contributed by atoms with Gasteiger partial charge >= 0.3 is 0 Å². The van der Waals surface area contributed by atoms with Crippen molar-refractivity contribution >= 4 is 27.5 Å². The summed E-state index contributed by atoms with van der Waals surface area (Å²) >= 11 is 9.66. The number of nitrogens with two attached hydrogens (primary N) is 1. The van der Waals surface area contributed by atoms with Crippen LogP contribution in [0.15, 0.2) is 28.9 Å². The van der Waals surface area contributed by atoms with Crippen molar-refractivity contribution in [3.8, 4) is 0 Å². The second-order valence-electron chi connectivity index (χ2n) is 3.96. The number of hydrogen-bond acceptors (Lipinski definition) is 2. The van der Waals surface area contributed by atoms with Crippen molar-refractivity contribution in [1.29, 1.82) is 0 Å². The fourth-order valence-corrected chi connectivity index (χ4v) is 2.54. The van der Waals surface area contributed by atoms with Crippen molar-refractivity contribution in [2.75, 3.05) is 0 Å². The third kappa shape index (κ3) is 2.25. The zero-order valence-electron chi connectivity index (χ0n) is 9.61. The van der Waals surface area contributed by atoms with Crippen molar-refractivity contribution in [1.82, 2.24) is 9.78 Å². The highest BCUT2D eigenvalue weighted by atomic mass is 79.9. The van der Waals surface area contributed by atoms with Crippen molar-refractivity contribution in [2.24, 2.45) is 12.8 Å². The monoisotopic (exact) mass is 313 g/mol. The SMILES string of the molecule is Cc1cnn(C)c1C(N)c1cccc(Br)c1Cl. The Kier molecular flexibility index (Phi) is 3.56. The van der Waals surface area contributed by atoms with Gasteiger partial charge in [-0.3, -0.25) is 4.68 Å². The van der Waals surface area contributed by atoms with Crippen molar-refractivity contribution < 1.29 is 0 Å². The summed E-state index contributed by atoms with van der Waals surface area (Å²) in [6.45, 7) is 1.99. The Morgan fingerprint density at radius 3 is 2.76 bits per heavy atom. The maximum atomic E-state index is 6.27. The van der Waals surface area contributed by atoms with Gasteiger partial charge in [0.2, 0.25) is 0 Å². The van der Waals surface area contributed by atoms with Crippen molar-refractivity contribution in [2.45, 2.75) is 13.0 Å². The van der Waals surface area contributed by atoms with Crippen molar-refractivity contribution in [3.05, 3.63) is 50.7 Å². The molecule has 0 aliphatic rings. The van der Waals surface area contributed by atoms with Crippen molar-refractivity contribution in [3.63, 3.8) is 0 Å². The Hall–Kier alpha value is -0.840. The Morgan fingerprint density at radius 1 is 1.47 bits per heavy atom. The predicted octanol–water partition coefficient (Wildman–Crippen LogP) is 3.19. The topological polar surface area (TPSA) is 43.8 Å². The maximum absolute atomic E-state index is 6.27. The lowest BCUT2D eigenvalue weighted by molar-refractivity contribution is 0.670. The number of nitrogens with zero attached hydrogens (tertiary/aromatic N) is 2. The normalized spacial score (nSPS) is 12.8. The first-order valence-electron chi connectivity index (χ1n) is 5.20. The fraction of sp³-hybridized carbons (Fsp3) is 0.250. The minimum Gasteiger partial charge on any atom is -0.319 e. The third-order valence-electron chi connectivity index (χ3n) is 2.79. The molecular weight excluding hydrogens is 302 g/mol. The number of benzene rings is 1. The molecule has 1 unspecified atom stereocenters. The van der Waals surface area contributed by atoms with Crippen LogP contribution in [0.2, 0.25) is 5.02 Å². The summed E-state index contributed by atoms with van der Waals surface area (Å²) < 4.78 is 2.64. The average Bonchev–Trinajstić information content (AvgIpc) is 2.62. The average molecular weight is 315 g/mol. The molecule has 1 aromatic heterocycles. The second kappa shape index (κ2) is 4.80. The van der Waals surface area contributed by atoms with E-state index in [9.17, 15) is 0 Å². The first kappa shape index (κ1) is 12.6. The van der Waals surface area contributed by atoms with Crippen LogP contribution in [0.25, 0.3) is 0 Å². The van der Waals surface area contributed by atoms with Gasteiger partial charge < -0.3 is 5.73 Å². The van der Waals surface area contributed by atoms with Gasteiger partial charge in [0.05, 0.1) is 23.0 Å². The van der Waals surface area contributed by atoms with Gasteiger partial charge in [-0.05, 0) is 40.0 Å². The fourth-order valence-electron chi connectivity index (χ4n) is 1.91. The summed E-state index contributed by atoms with van der Waals surface area (Å²) in [5, 5.41) is 4.85. The molecule has 0 spiro atoms. The summed E-state index contributed by atoms with van der Waals surface area (Å²) in [7, 11) is 1.88. The van der Waals surface area contributed by atoms with E-state index in [1.54, 1.807) is 10.9 Å². The predicted molar refractivity (Wildman–Crippen MR) is 73.1 cm³/mol.